The first-order chi connectivity index (χ1) is 6.27. The molecule has 13 heavy (non-hydrogen) atoms. The second-order valence-corrected chi connectivity index (χ2v) is 3.80. The van der Waals surface area contributed by atoms with Gasteiger partial charge in [0, 0.05) is 4.47 Å². The Morgan fingerprint density at radius 2 is 2.23 bits per heavy atom. The third kappa shape index (κ3) is 1.67. The summed E-state index contributed by atoms with van der Waals surface area (Å²) in [4.78, 5) is 4.10. The summed E-state index contributed by atoms with van der Waals surface area (Å²) in [6.45, 7) is 0.717. The number of hydrogen-bond acceptors (Lipinski definition) is 3. The van der Waals surface area contributed by atoms with Gasteiger partial charge in [-0.25, -0.2) is 0 Å². The highest BCUT2D eigenvalue weighted by Gasteiger charge is 2.18. The molecular formula is C9H10BrN3. The van der Waals surface area contributed by atoms with Gasteiger partial charge in [-0.1, -0.05) is 34.1 Å². The van der Waals surface area contributed by atoms with Crippen LogP contribution in [0.15, 0.2) is 33.7 Å². The number of aliphatic imine (C=N–C) groups is 1. The van der Waals surface area contributed by atoms with Crippen LogP contribution in [0, 0.1) is 0 Å². The van der Waals surface area contributed by atoms with Gasteiger partial charge in [0.2, 0.25) is 0 Å². The number of hydrogen-bond donors (Lipinski definition) is 2. The van der Waals surface area contributed by atoms with Crippen molar-refractivity contribution in [2.24, 2.45) is 10.7 Å². The number of benzene rings is 1. The number of guanidine groups is 1. The lowest BCUT2D eigenvalue weighted by atomic mass is 10.1. The third-order valence-electron chi connectivity index (χ3n) is 2.05. The molecule has 1 aliphatic heterocycles. The van der Waals surface area contributed by atoms with Crippen molar-refractivity contribution in [3.63, 3.8) is 0 Å². The van der Waals surface area contributed by atoms with Crippen LogP contribution in [-0.4, -0.2) is 12.5 Å². The topological polar surface area (TPSA) is 50.4 Å². The third-order valence-corrected chi connectivity index (χ3v) is 2.77. The van der Waals surface area contributed by atoms with E-state index in [0.29, 0.717) is 12.5 Å². The Balaban J connectivity index is 2.23. The van der Waals surface area contributed by atoms with E-state index in [4.69, 9.17) is 5.73 Å². The summed E-state index contributed by atoms with van der Waals surface area (Å²) in [5, 5.41) is 3.11. The Morgan fingerprint density at radius 3 is 2.85 bits per heavy atom. The van der Waals surface area contributed by atoms with Crippen LogP contribution >= 0.6 is 15.9 Å². The Labute approximate surface area is 85.2 Å². The van der Waals surface area contributed by atoms with Crippen LogP contribution in [0.1, 0.15) is 11.6 Å². The minimum absolute atomic E-state index is 0.218. The van der Waals surface area contributed by atoms with Gasteiger partial charge >= 0.3 is 0 Å². The zero-order valence-corrected chi connectivity index (χ0v) is 8.58. The maximum atomic E-state index is 5.54. The van der Waals surface area contributed by atoms with Crippen LogP contribution in [-0.2, 0) is 0 Å². The average Bonchev–Trinajstić information content (AvgIpc) is 2.53. The summed E-state index contributed by atoms with van der Waals surface area (Å²) in [6, 6.07) is 8.31. The molecule has 0 aromatic heterocycles. The van der Waals surface area contributed by atoms with Crippen molar-refractivity contribution < 1.29 is 0 Å². The monoisotopic (exact) mass is 239 g/mol. The fourth-order valence-electron chi connectivity index (χ4n) is 1.39. The van der Waals surface area contributed by atoms with E-state index in [9.17, 15) is 0 Å². The fraction of sp³-hybridized carbons (Fsp3) is 0.222. The van der Waals surface area contributed by atoms with E-state index >= 15 is 0 Å². The van der Waals surface area contributed by atoms with Crippen LogP contribution in [0.25, 0.3) is 0 Å². The Bertz CT molecular complexity index is 348. The van der Waals surface area contributed by atoms with Gasteiger partial charge in [-0.3, -0.25) is 4.99 Å². The zero-order chi connectivity index (χ0) is 9.26. The minimum atomic E-state index is 0.218. The van der Waals surface area contributed by atoms with Gasteiger partial charge in [0.25, 0.3) is 0 Å². The van der Waals surface area contributed by atoms with Crippen molar-refractivity contribution in [3.8, 4) is 0 Å². The van der Waals surface area contributed by atoms with E-state index in [0.717, 1.165) is 4.47 Å². The van der Waals surface area contributed by atoms with E-state index in [1.165, 1.54) is 5.56 Å². The molecule has 2 rings (SSSR count). The van der Waals surface area contributed by atoms with Gasteiger partial charge in [0.1, 0.15) is 0 Å². The van der Waals surface area contributed by atoms with Crippen LogP contribution < -0.4 is 11.1 Å². The van der Waals surface area contributed by atoms with Crippen LogP contribution in [0.5, 0.6) is 0 Å². The summed E-state index contributed by atoms with van der Waals surface area (Å²) in [5.41, 5.74) is 6.74. The molecule has 68 valence electrons. The number of nitrogens with one attached hydrogen (secondary N) is 1. The maximum absolute atomic E-state index is 5.54. The number of nitrogens with two attached hydrogens (primary N) is 1. The summed E-state index contributed by atoms with van der Waals surface area (Å²) >= 11 is 3.49. The van der Waals surface area contributed by atoms with Gasteiger partial charge < -0.3 is 11.1 Å². The average molecular weight is 240 g/mol. The van der Waals surface area contributed by atoms with Crippen molar-refractivity contribution in [2.45, 2.75) is 6.04 Å². The quantitative estimate of drug-likeness (QED) is 0.779. The second kappa shape index (κ2) is 3.38. The summed E-state index contributed by atoms with van der Waals surface area (Å²) in [6.07, 6.45) is 0. The van der Waals surface area contributed by atoms with Crippen LogP contribution in [0.2, 0.25) is 0 Å². The standard InChI is InChI=1S/C9H10BrN3/c10-7-4-2-1-3-6(7)8-5-12-9(11)13-8/h1-4,8H,5H2,(H3,11,12,13). The first kappa shape index (κ1) is 8.56. The first-order valence-corrected chi connectivity index (χ1v) is 4.87. The number of nitrogens with zero attached hydrogens (tertiary/aromatic N) is 1. The molecule has 0 fully saturated rings. The minimum Gasteiger partial charge on any atom is -0.370 e. The molecule has 4 heteroatoms. The molecule has 1 unspecified atom stereocenters. The SMILES string of the molecule is NC1=NCC(c2ccccc2Br)N1. The number of rotatable bonds is 1. The van der Waals surface area contributed by atoms with Gasteiger partial charge in [0.15, 0.2) is 5.96 Å². The zero-order valence-electron chi connectivity index (χ0n) is 7.00. The molecule has 0 saturated heterocycles. The van der Waals surface area contributed by atoms with E-state index in [-0.39, 0.29) is 6.04 Å². The molecule has 0 saturated carbocycles. The summed E-state index contributed by atoms with van der Waals surface area (Å²) in [7, 11) is 0. The summed E-state index contributed by atoms with van der Waals surface area (Å²) < 4.78 is 1.09. The number of halogens is 1. The lowest BCUT2D eigenvalue weighted by Crippen LogP contribution is -2.29. The molecule has 0 amide bonds. The highest BCUT2D eigenvalue weighted by atomic mass is 79.9. The first-order valence-electron chi connectivity index (χ1n) is 4.08. The largest absolute Gasteiger partial charge is 0.370 e. The predicted octanol–water partition coefficient (Wildman–Crippen LogP) is 1.41. The van der Waals surface area contributed by atoms with Crippen molar-refractivity contribution in [2.75, 3.05) is 6.54 Å². The van der Waals surface area contributed by atoms with Crippen molar-refractivity contribution in [1.29, 1.82) is 0 Å². The molecule has 0 aliphatic carbocycles. The molecule has 0 spiro atoms. The molecule has 1 heterocycles. The van der Waals surface area contributed by atoms with E-state index in [1.807, 2.05) is 18.2 Å². The molecule has 0 bridgehead atoms. The molecule has 0 radical (unpaired) electrons. The lowest BCUT2D eigenvalue weighted by Gasteiger charge is -2.12. The molecule has 3 N–H and O–H groups in total. The van der Waals surface area contributed by atoms with Gasteiger partial charge in [-0.2, -0.15) is 0 Å². The normalized spacial score (nSPS) is 21.0. The van der Waals surface area contributed by atoms with E-state index in [2.05, 4.69) is 32.3 Å². The molecule has 1 aliphatic rings. The van der Waals surface area contributed by atoms with E-state index < -0.39 is 0 Å². The van der Waals surface area contributed by atoms with Gasteiger partial charge in [0.05, 0.1) is 12.6 Å². The lowest BCUT2D eigenvalue weighted by molar-refractivity contribution is 0.704. The fourth-order valence-corrected chi connectivity index (χ4v) is 1.95. The highest BCUT2D eigenvalue weighted by molar-refractivity contribution is 9.10. The Kier molecular flexibility index (Phi) is 2.22. The molecule has 3 nitrogen and oxygen atoms in total. The molecule has 1 aromatic rings. The Morgan fingerprint density at radius 1 is 1.46 bits per heavy atom. The Hall–Kier alpha value is -1.03. The van der Waals surface area contributed by atoms with Gasteiger partial charge in [-0.15, -0.1) is 0 Å². The van der Waals surface area contributed by atoms with Crippen molar-refractivity contribution >= 4 is 21.9 Å². The van der Waals surface area contributed by atoms with Crippen molar-refractivity contribution in [1.82, 2.24) is 5.32 Å². The molecule has 1 atom stereocenters. The summed E-state index contributed by atoms with van der Waals surface area (Å²) in [5.74, 6) is 0.528. The maximum Gasteiger partial charge on any atom is 0.189 e. The van der Waals surface area contributed by atoms with Crippen molar-refractivity contribution in [3.05, 3.63) is 34.3 Å². The molecular weight excluding hydrogens is 230 g/mol. The van der Waals surface area contributed by atoms with Crippen LogP contribution in [0.4, 0.5) is 0 Å². The van der Waals surface area contributed by atoms with Gasteiger partial charge in [-0.05, 0) is 11.6 Å². The second-order valence-electron chi connectivity index (χ2n) is 2.94. The predicted molar refractivity (Wildman–Crippen MR) is 56.5 cm³/mol. The smallest absolute Gasteiger partial charge is 0.189 e. The van der Waals surface area contributed by atoms with Crippen LogP contribution in [0.3, 0.4) is 0 Å². The van der Waals surface area contributed by atoms with E-state index in [1.54, 1.807) is 0 Å². The highest BCUT2D eigenvalue weighted by Crippen LogP contribution is 2.24. The molecule has 1 aromatic carbocycles.